The van der Waals surface area contributed by atoms with Crippen molar-refractivity contribution in [2.45, 2.75) is 68.1 Å². The maximum absolute atomic E-state index is 13.8. The van der Waals surface area contributed by atoms with Crippen LogP contribution >= 0.6 is 11.8 Å². The van der Waals surface area contributed by atoms with Crippen LogP contribution in [0.4, 0.5) is 5.69 Å². The number of β-lactam (4-membered cyclic amide) rings is 1. The summed E-state index contributed by atoms with van der Waals surface area (Å²) in [5.74, 6) is -0.598. The molecule has 6 rings (SSSR count). The van der Waals surface area contributed by atoms with Crippen LogP contribution in [0.25, 0.3) is 0 Å². The van der Waals surface area contributed by atoms with Crippen molar-refractivity contribution in [2.75, 3.05) is 17.7 Å². The van der Waals surface area contributed by atoms with Gasteiger partial charge in [0.1, 0.15) is 10.9 Å². The lowest BCUT2D eigenvalue weighted by Crippen LogP contribution is -2.76. The van der Waals surface area contributed by atoms with Crippen LogP contribution in [-0.2, 0) is 22.4 Å². The van der Waals surface area contributed by atoms with E-state index in [2.05, 4.69) is 22.8 Å². The van der Waals surface area contributed by atoms with Gasteiger partial charge in [0.05, 0.1) is 18.0 Å². The molecule has 39 heavy (non-hydrogen) atoms. The van der Waals surface area contributed by atoms with E-state index in [-0.39, 0.29) is 24.3 Å². The van der Waals surface area contributed by atoms with E-state index in [1.807, 2.05) is 54.3 Å². The number of thioether (sulfide) groups is 1. The summed E-state index contributed by atoms with van der Waals surface area (Å²) in [5, 5.41) is 17.7. The molecule has 2 saturated heterocycles. The standard InChI is InChI=1S/C30H34N4O4S/c1-30-26(29(38)34(30)20-11-6-3-7-12-20)33(18-39-30)28(37)25(35)24(17-19-9-4-2-5-10-19)32-27(36)22-13-8-14-23-21(22)15-16-31-23/h2,4-6,8-11,13-14,20,24-26,31,35H,3,7,12,15-18H2,1H3,(H,32,36)/t20-,24+,25+,26-,30?/m1/s1. The number of hydrogen-bond acceptors (Lipinski definition) is 6. The number of amides is 3. The van der Waals surface area contributed by atoms with Crippen molar-refractivity contribution in [1.29, 1.82) is 0 Å². The predicted molar refractivity (Wildman–Crippen MR) is 151 cm³/mol. The summed E-state index contributed by atoms with van der Waals surface area (Å²) in [6, 6.07) is 13.6. The molecule has 0 aromatic heterocycles. The lowest BCUT2D eigenvalue weighted by molar-refractivity contribution is -0.170. The largest absolute Gasteiger partial charge is 0.384 e. The van der Waals surface area contributed by atoms with Crippen LogP contribution in [0.2, 0.25) is 0 Å². The zero-order valence-corrected chi connectivity index (χ0v) is 22.8. The zero-order chi connectivity index (χ0) is 27.1. The molecule has 5 atom stereocenters. The Labute approximate surface area is 232 Å². The van der Waals surface area contributed by atoms with E-state index in [1.165, 1.54) is 4.90 Å². The minimum absolute atomic E-state index is 0.0483. The Balaban J connectivity index is 1.22. The molecule has 9 heteroatoms. The van der Waals surface area contributed by atoms with Gasteiger partial charge in [-0.1, -0.05) is 48.6 Å². The van der Waals surface area contributed by atoms with Crippen LogP contribution in [0.5, 0.6) is 0 Å². The normalized spacial score (nSPS) is 26.8. The fourth-order valence-electron chi connectivity index (χ4n) is 6.44. The molecule has 4 aliphatic rings. The number of nitrogens with zero attached hydrogens (tertiary/aromatic N) is 2. The van der Waals surface area contributed by atoms with Gasteiger partial charge in [0, 0.05) is 17.8 Å². The molecule has 3 N–H and O–H groups in total. The molecule has 204 valence electrons. The number of hydrogen-bond donors (Lipinski definition) is 3. The van der Waals surface area contributed by atoms with Crippen LogP contribution in [0.15, 0.2) is 60.7 Å². The number of nitrogens with one attached hydrogen (secondary N) is 2. The molecule has 0 spiro atoms. The van der Waals surface area contributed by atoms with Gasteiger partial charge in [-0.2, -0.15) is 0 Å². The lowest BCUT2D eigenvalue weighted by Gasteiger charge is -2.55. The van der Waals surface area contributed by atoms with Gasteiger partial charge < -0.3 is 25.5 Å². The summed E-state index contributed by atoms with van der Waals surface area (Å²) >= 11 is 1.56. The number of likely N-dealkylation sites (tertiary alicyclic amines) is 1. The first-order valence-electron chi connectivity index (χ1n) is 13.7. The summed E-state index contributed by atoms with van der Waals surface area (Å²) in [7, 11) is 0. The van der Waals surface area contributed by atoms with Crippen molar-refractivity contribution in [3.63, 3.8) is 0 Å². The van der Waals surface area contributed by atoms with Gasteiger partial charge in [-0.15, -0.1) is 11.8 Å². The molecule has 2 aromatic carbocycles. The number of carbonyl (C=O) groups is 3. The first-order chi connectivity index (χ1) is 18.9. The number of carbonyl (C=O) groups excluding carboxylic acids is 3. The van der Waals surface area contributed by atoms with E-state index in [0.29, 0.717) is 11.4 Å². The van der Waals surface area contributed by atoms with Crippen LogP contribution in [-0.4, -0.2) is 74.1 Å². The molecule has 8 nitrogen and oxygen atoms in total. The highest BCUT2D eigenvalue weighted by Gasteiger charge is 2.66. The van der Waals surface area contributed by atoms with E-state index >= 15 is 0 Å². The van der Waals surface area contributed by atoms with Gasteiger partial charge in [0.25, 0.3) is 11.8 Å². The quantitative estimate of drug-likeness (QED) is 0.365. The summed E-state index contributed by atoms with van der Waals surface area (Å²) in [5.41, 5.74) is 3.32. The molecule has 3 aliphatic heterocycles. The van der Waals surface area contributed by atoms with E-state index < -0.39 is 29.0 Å². The molecule has 0 saturated carbocycles. The average Bonchev–Trinajstić information content (AvgIpc) is 3.55. The predicted octanol–water partition coefficient (Wildman–Crippen LogP) is 2.93. The molecule has 1 unspecified atom stereocenters. The van der Waals surface area contributed by atoms with Gasteiger partial charge in [-0.05, 0) is 62.3 Å². The highest BCUT2D eigenvalue weighted by Crippen LogP contribution is 2.52. The second-order valence-electron chi connectivity index (χ2n) is 10.9. The van der Waals surface area contributed by atoms with Crippen molar-refractivity contribution >= 4 is 35.2 Å². The Morgan fingerprint density at radius 1 is 1.21 bits per heavy atom. The Morgan fingerprint density at radius 3 is 2.79 bits per heavy atom. The Kier molecular flexibility index (Phi) is 6.89. The third-order valence-electron chi connectivity index (χ3n) is 8.47. The van der Waals surface area contributed by atoms with Crippen molar-refractivity contribution in [3.05, 3.63) is 77.4 Å². The van der Waals surface area contributed by atoms with Gasteiger partial charge in [0.2, 0.25) is 5.91 Å². The highest BCUT2D eigenvalue weighted by atomic mass is 32.2. The Bertz CT molecular complexity index is 1320. The minimum Gasteiger partial charge on any atom is -0.384 e. The number of aliphatic hydroxyl groups excluding tert-OH is 1. The summed E-state index contributed by atoms with van der Waals surface area (Å²) in [6.45, 7) is 2.78. The number of anilines is 1. The average molecular weight is 547 g/mol. The summed E-state index contributed by atoms with van der Waals surface area (Å²) < 4.78 is 0. The third-order valence-corrected chi connectivity index (χ3v) is 9.88. The smallest absolute Gasteiger partial charge is 0.255 e. The summed E-state index contributed by atoms with van der Waals surface area (Å²) in [4.78, 5) is 43.5. The first kappa shape index (κ1) is 26.0. The first-order valence-corrected chi connectivity index (χ1v) is 14.7. The van der Waals surface area contributed by atoms with Crippen LogP contribution in [0.1, 0.15) is 47.7 Å². The number of fused-ring (bicyclic) bond motifs is 2. The van der Waals surface area contributed by atoms with Crippen molar-refractivity contribution in [1.82, 2.24) is 15.1 Å². The monoisotopic (exact) mass is 546 g/mol. The number of aliphatic hydroxyl groups is 1. The molecule has 0 radical (unpaired) electrons. The maximum Gasteiger partial charge on any atom is 0.255 e. The van der Waals surface area contributed by atoms with Crippen molar-refractivity contribution in [2.24, 2.45) is 0 Å². The van der Waals surface area contributed by atoms with Gasteiger partial charge in [-0.25, -0.2) is 0 Å². The number of allylic oxidation sites excluding steroid dienone is 1. The fraction of sp³-hybridized carbons (Fsp3) is 0.433. The summed E-state index contributed by atoms with van der Waals surface area (Å²) in [6.07, 6.45) is 6.74. The number of rotatable bonds is 7. The van der Waals surface area contributed by atoms with Gasteiger partial charge in [0.15, 0.2) is 6.10 Å². The minimum atomic E-state index is -1.50. The molecule has 3 heterocycles. The Hall–Kier alpha value is -3.30. The number of benzene rings is 2. The van der Waals surface area contributed by atoms with Gasteiger partial charge >= 0.3 is 0 Å². The molecule has 0 bridgehead atoms. The second kappa shape index (κ2) is 10.4. The SMILES string of the molecule is CC12SCN(C(=O)[C@@H](O)[C@H](Cc3ccccc3)NC(=O)c3cccc4c3CCN4)[C@@H]1C(=O)N2[C@@H]1C=CCCC1. The highest BCUT2D eigenvalue weighted by molar-refractivity contribution is 8.01. The van der Waals surface area contributed by atoms with Crippen LogP contribution in [0.3, 0.4) is 0 Å². The Morgan fingerprint density at radius 2 is 2.03 bits per heavy atom. The van der Waals surface area contributed by atoms with Gasteiger partial charge in [-0.3, -0.25) is 14.4 Å². The van der Waals surface area contributed by atoms with Crippen LogP contribution < -0.4 is 10.6 Å². The molecular formula is C30H34N4O4S. The molecular weight excluding hydrogens is 512 g/mol. The topological polar surface area (TPSA) is 102 Å². The zero-order valence-electron chi connectivity index (χ0n) is 22.0. The second-order valence-corrected chi connectivity index (χ2v) is 12.3. The molecule has 1 aliphatic carbocycles. The van der Waals surface area contributed by atoms with E-state index in [1.54, 1.807) is 17.8 Å². The van der Waals surface area contributed by atoms with E-state index in [4.69, 9.17) is 0 Å². The fourth-order valence-corrected chi connectivity index (χ4v) is 7.87. The van der Waals surface area contributed by atoms with E-state index in [0.717, 1.165) is 49.0 Å². The molecule has 2 fully saturated rings. The van der Waals surface area contributed by atoms with E-state index in [9.17, 15) is 19.5 Å². The van der Waals surface area contributed by atoms with Crippen LogP contribution in [0, 0.1) is 0 Å². The maximum atomic E-state index is 13.8. The van der Waals surface area contributed by atoms with Crippen molar-refractivity contribution in [3.8, 4) is 0 Å². The van der Waals surface area contributed by atoms with Crippen molar-refractivity contribution < 1.29 is 19.5 Å². The molecule has 2 aromatic rings. The third kappa shape index (κ3) is 4.51. The lowest BCUT2D eigenvalue weighted by atomic mass is 9.88. The molecule has 3 amide bonds.